The van der Waals surface area contributed by atoms with Crippen molar-refractivity contribution in [2.45, 2.75) is 12.5 Å². The summed E-state index contributed by atoms with van der Waals surface area (Å²) in [6, 6.07) is 7.72. The fraction of sp³-hybridized carbons (Fsp3) is 0.182. The van der Waals surface area contributed by atoms with Crippen molar-refractivity contribution < 1.29 is 9.90 Å². The molecule has 1 atom stereocenters. The van der Waals surface area contributed by atoms with Crippen molar-refractivity contribution in [2.75, 3.05) is 0 Å². The molecule has 0 bridgehead atoms. The van der Waals surface area contributed by atoms with Crippen molar-refractivity contribution in [2.24, 2.45) is 0 Å². The van der Waals surface area contributed by atoms with Gasteiger partial charge >= 0.3 is 6.09 Å². The van der Waals surface area contributed by atoms with Gasteiger partial charge in [0.2, 0.25) is 0 Å². The van der Waals surface area contributed by atoms with E-state index in [1.807, 2.05) is 30.3 Å². The van der Waals surface area contributed by atoms with E-state index in [1.165, 1.54) is 5.01 Å². The molecule has 0 aliphatic carbocycles. The lowest BCUT2D eigenvalue weighted by Crippen LogP contribution is -2.42. The molecule has 16 heavy (non-hydrogen) atoms. The van der Waals surface area contributed by atoms with Crippen LogP contribution in [0.5, 0.6) is 0 Å². The third-order valence-electron chi connectivity index (χ3n) is 2.40. The van der Waals surface area contributed by atoms with Crippen LogP contribution >= 0.6 is 15.9 Å². The average Bonchev–Trinajstić information content (AvgIpc) is 2.66. The number of nitrogens with one attached hydrogen (secondary N) is 1. The van der Waals surface area contributed by atoms with Crippen LogP contribution in [-0.4, -0.2) is 22.3 Å². The van der Waals surface area contributed by atoms with E-state index in [1.54, 1.807) is 6.20 Å². The van der Waals surface area contributed by atoms with E-state index < -0.39 is 6.09 Å². The molecule has 2 N–H and O–H groups in total. The SMILES string of the molecule is O=C(O)N1NC=CC1Cc1cccc(Br)c1. The molecule has 0 saturated carbocycles. The summed E-state index contributed by atoms with van der Waals surface area (Å²) in [6.07, 6.45) is 3.19. The third kappa shape index (κ3) is 2.36. The Hall–Kier alpha value is -1.49. The standard InChI is InChI=1S/C11H11BrN2O2/c12-9-3-1-2-8(6-9)7-10-4-5-13-14(10)11(15)16/h1-6,10,13H,7H2,(H,15,16). The fourth-order valence-electron chi connectivity index (χ4n) is 1.68. The van der Waals surface area contributed by atoms with Gasteiger partial charge in [-0.05, 0) is 30.2 Å². The van der Waals surface area contributed by atoms with Crippen LogP contribution in [0, 0.1) is 0 Å². The van der Waals surface area contributed by atoms with Crippen LogP contribution in [0.3, 0.4) is 0 Å². The summed E-state index contributed by atoms with van der Waals surface area (Å²) in [5.41, 5.74) is 3.78. The summed E-state index contributed by atoms with van der Waals surface area (Å²) in [5.74, 6) is 0. The number of benzene rings is 1. The molecule has 1 aliphatic heterocycles. The van der Waals surface area contributed by atoms with Gasteiger partial charge in [0.25, 0.3) is 0 Å². The van der Waals surface area contributed by atoms with E-state index in [0.29, 0.717) is 6.42 Å². The molecule has 1 unspecified atom stereocenters. The predicted molar refractivity (Wildman–Crippen MR) is 63.8 cm³/mol. The summed E-state index contributed by atoms with van der Waals surface area (Å²) in [6.45, 7) is 0. The first-order valence-corrected chi connectivity index (χ1v) is 5.65. The number of nitrogens with zero attached hydrogens (tertiary/aromatic N) is 1. The number of hydrogen-bond acceptors (Lipinski definition) is 2. The zero-order valence-corrected chi connectivity index (χ0v) is 10.0. The van der Waals surface area contributed by atoms with Crippen LogP contribution in [0.2, 0.25) is 0 Å². The lowest BCUT2D eigenvalue weighted by Gasteiger charge is -2.21. The van der Waals surface area contributed by atoms with Gasteiger partial charge in [-0.1, -0.05) is 28.1 Å². The Kier molecular flexibility index (Phi) is 3.14. The van der Waals surface area contributed by atoms with Crippen molar-refractivity contribution in [3.05, 3.63) is 46.6 Å². The van der Waals surface area contributed by atoms with Crippen molar-refractivity contribution in [3.63, 3.8) is 0 Å². The number of carbonyl (C=O) groups is 1. The molecule has 1 amide bonds. The molecule has 0 spiro atoms. The van der Waals surface area contributed by atoms with Crippen molar-refractivity contribution in [1.29, 1.82) is 0 Å². The highest BCUT2D eigenvalue weighted by molar-refractivity contribution is 9.10. The minimum Gasteiger partial charge on any atom is -0.464 e. The lowest BCUT2D eigenvalue weighted by molar-refractivity contribution is 0.123. The van der Waals surface area contributed by atoms with Crippen molar-refractivity contribution in [1.82, 2.24) is 10.4 Å². The highest BCUT2D eigenvalue weighted by atomic mass is 79.9. The van der Waals surface area contributed by atoms with Crippen LogP contribution < -0.4 is 5.43 Å². The number of rotatable bonds is 2. The highest BCUT2D eigenvalue weighted by Crippen LogP contribution is 2.16. The summed E-state index contributed by atoms with van der Waals surface area (Å²) in [5, 5.41) is 10.1. The zero-order chi connectivity index (χ0) is 11.5. The van der Waals surface area contributed by atoms with Gasteiger partial charge < -0.3 is 10.5 Å². The van der Waals surface area contributed by atoms with Gasteiger partial charge in [0.15, 0.2) is 0 Å². The van der Waals surface area contributed by atoms with E-state index in [2.05, 4.69) is 21.4 Å². The summed E-state index contributed by atoms with van der Waals surface area (Å²) in [7, 11) is 0. The largest absolute Gasteiger partial charge is 0.464 e. The Morgan fingerprint density at radius 3 is 3.06 bits per heavy atom. The Morgan fingerprint density at radius 2 is 2.38 bits per heavy atom. The molecule has 0 fully saturated rings. The van der Waals surface area contributed by atoms with Crippen molar-refractivity contribution in [3.8, 4) is 0 Å². The number of amides is 1. The normalized spacial score (nSPS) is 18.6. The van der Waals surface area contributed by atoms with Crippen molar-refractivity contribution >= 4 is 22.0 Å². The predicted octanol–water partition coefficient (Wildman–Crippen LogP) is 2.37. The zero-order valence-electron chi connectivity index (χ0n) is 8.43. The van der Waals surface area contributed by atoms with E-state index in [4.69, 9.17) is 5.11 Å². The first-order chi connectivity index (χ1) is 7.66. The monoisotopic (exact) mass is 282 g/mol. The molecular formula is C11H11BrN2O2. The van der Waals surface area contributed by atoms with Crippen LogP contribution in [0.25, 0.3) is 0 Å². The molecule has 4 nitrogen and oxygen atoms in total. The maximum Gasteiger partial charge on any atom is 0.426 e. The van der Waals surface area contributed by atoms with Crippen LogP contribution in [0.15, 0.2) is 41.0 Å². The Morgan fingerprint density at radius 1 is 1.56 bits per heavy atom. The topological polar surface area (TPSA) is 52.6 Å². The van der Waals surface area contributed by atoms with Gasteiger partial charge in [0.05, 0.1) is 6.04 Å². The fourth-order valence-corrected chi connectivity index (χ4v) is 2.12. The number of hydrazine groups is 1. The van der Waals surface area contributed by atoms with E-state index in [9.17, 15) is 4.79 Å². The van der Waals surface area contributed by atoms with Gasteiger partial charge in [-0.3, -0.25) is 0 Å². The van der Waals surface area contributed by atoms with E-state index >= 15 is 0 Å². The minimum absolute atomic E-state index is 0.146. The van der Waals surface area contributed by atoms with Gasteiger partial charge in [0, 0.05) is 10.7 Å². The first-order valence-electron chi connectivity index (χ1n) is 4.86. The number of halogens is 1. The summed E-state index contributed by atoms with van der Waals surface area (Å²) in [4.78, 5) is 10.9. The molecule has 84 valence electrons. The third-order valence-corrected chi connectivity index (χ3v) is 2.90. The first kappa shape index (κ1) is 11.0. The van der Waals surface area contributed by atoms with Crippen LogP contribution in [-0.2, 0) is 6.42 Å². The number of carboxylic acid groups (broad SMARTS) is 1. The molecule has 0 aromatic heterocycles. The van der Waals surface area contributed by atoms with E-state index in [0.717, 1.165) is 10.0 Å². The molecule has 2 rings (SSSR count). The second kappa shape index (κ2) is 4.57. The smallest absolute Gasteiger partial charge is 0.426 e. The summed E-state index contributed by atoms with van der Waals surface area (Å²) < 4.78 is 1.00. The minimum atomic E-state index is -0.968. The molecule has 1 aromatic carbocycles. The Labute approximate surface area is 102 Å². The maximum atomic E-state index is 10.9. The highest BCUT2D eigenvalue weighted by Gasteiger charge is 2.24. The quantitative estimate of drug-likeness (QED) is 0.876. The Balaban J connectivity index is 2.09. The lowest BCUT2D eigenvalue weighted by atomic mass is 10.1. The van der Waals surface area contributed by atoms with Gasteiger partial charge in [-0.2, -0.15) is 0 Å². The molecule has 1 aliphatic rings. The molecule has 1 aromatic rings. The number of hydrogen-bond donors (Lipinski definition) is 2. The molecular weight excluding hydrogens is 272 g/mol. The van der Waals surface area contributed by atoms with Crippen LogP contribution in [0.1, 0.15) is 5.56 Å². The van der Waals surface area contributed by atoms with Crippen LogP contribution in [0.4, 0.5) is 4.79 Å². The maximum absolute atomic E-state index is 10.9. The van der Waals surface area contributed by atoms with Gasteiger partial charge in [-0.15, -0.1) is 0 Å². The molecule has 5 heteroatoms. The van der Waals surface area contributed by atoms with E-state index in [-0.39, 0.29) is 6.04 Å². The second-order valence-corrected chi connectivity index (χ2v) is 4.46. The molecule has 0 radical (unpaired) electrons. The molecule has 1 heterocycles. The molecule has 0 saturated heterocycles. The Bertz CT molecular complexity index is 434. The summed E-state index contributed by atoms with van der Waals surface area (Å²) >= 11 is 3.39. The average molecular weight is 283 g/mol. The van der Waals surface area contributed by atoms with Gasteiger partial charge in [-0.25, -0.2) is 9.80 Å². The second-order valence-electron chi connectivity index (χ2n) is 3.54. The van der Waals surface area contributed by atoms with Gasteiger partial charge in [0.1, 0.15) is 0 Å².